The van der Waals surface area contributed by atoms with Gasteiger partial charge in [-0.2, -0.15) is 0 Å². The van der Waals surface area contributed by atoms with Crippen molar-refractivity contribution in [3.05, 3.63) is 0 Å². The molecular weight excluding hydrogens is 336 g/mol. The molecular formula is C20H38O6. The third-order valence-electron chi connectivity index (χ3n) is 3.29. The van der Waals surface area contributed by atoms with Crippen molar-refractivity contribution in [2.75, 3.05) is 13.2 Å². The number of carbonyl (C=O) groups excluding carboxylic acids is 3. The second kappa shape index (κ2) is 16.9. The average Bonchev–Trinajstić information content (AvgIpc) is 2.58. The van der Waals surface area contributed by atoms with Gasteiger partial charge in [-0.1, -0.05) is 48.5 Å². The summed E-state index contributed by atoms with van der Waals surface area (Å²) in [5.74, 6) is 0.403. The Morgan fingerprint density at radius 2 is 1.23 bits per heavy atom. The molecule has 0 N–H and O–H groups in total. The second-order valence-corrected chi connectivity index (χ2v) is 6.89. The lowest BCUT2D eigenvalue weighted by Gasteiger charge is -2.19. The average molecular weight is 375 g/mol. The summed E-state index contributed by atoms with van der Waals surface area (Å²) in [4.78, 5) is 32.7. The van der Waals surface area contributed by atoms with E-state index in [9.17, 15) is 14.4 Å². The third-order valence-corrected chi connectivity index (χ3v) is 3.29. The van der Waals surface area contributed by atoms with Crippen LogP contribution in [0.15, 0.2) is 0 Å². The monoisotopic (exact) mass is 374 g/mol. The van der Waals surface area contributed by atoms with E-state index >= 15 is 0 Å². The van der Waals surface area contributed by atoms with Crippen LogP contribution in [0.5, 0.6) is 0 Å². The Bertz CT molecular complexity index is 390. The van der Waals surface area contributed by atoms with Crippen LogP contribution in [0.25, 0.3) is 0 Å². The first-order chi connectivity index (χ1) is 12.2. The first-order valence-electron chi connectivity index (χ1n) is 9.66. The van der Waals surface area contributed by atoms with E-state index < -0.39 is 0 Å². The molecule has 0 saturated heterocycles. The number of carbonyl (C=O) groups is 3. The van der Waals surface area contributed by atoms with Crippen LogP contribution in [0.1, 0.15) is 80.6 Å². The molecule has 154 valence electrons. The Kier molecular flexibility index (Phi) is 17.3. The predicted octanol–water partition coefficient (Wildman–Crippen LogP) is 4.29. The molecule has 0 aromatic carbocycles. The summed E-state index contributed by atoms with van der Waals surface area (Å²) in [5.41, 5.74) is 0. The van der Waals surface area contributed by atoms with Crippen molar-refractivity contribution in [3.8, 4) is 0 Å². The fourth-order valence-corrected chi connectivity index (χ4v) is 1.74. The normalized spacial score (nSPS) is 11.4. The minimum atomic E-state index is -0.317. The number of ether oxygens (including phenoxy) is 3. The van der Waals surface area contributed by atoms with E-state index in [0.717, 1.165) is 6.42 Å². The zero-order valence-corrected chi connectivity index (χ0v) is 17.6. The van der Waals surface area contributed by atoms with Crippen LogP contribution in [-0.4, -0.2) is 37.2 Å². The molecule has 0 aliphatic heterocycles. The largest absolute Gasteiger partial charge is 0.466 e. The molecule has 0 radical (unpaired) electrons. The minimum absolute atomic E-state index is 0.0966. The van der Waals surface area contributed by atoms with Gasteiger partial charge in [0.1, 0.15) is 12.7 Å². The van der Waals surface area contributed by atoms with Crippen molar-refractivity contribution in [2.45, 2.75) is 86.7 Å². The molecule has 1 unspecified atom stereocenters. The van der Waals surface area contributed by atoms with Gasteiger partial charge in [-0.05, 0) is 24.7 Å². The Morgan fingerprint density at radius 3 is 1.65 bits per heavy atom. The van der Waals surface area contributed by atoms with Crippen molar-refractivity contribution >= 4 is 17.9 Å². The number of hydrogen-bond donors (Lipinski definition) is 0. The molecule has 6 nitrogen and oxygen atoms in total. The zero-order chi connectivity index (χ0) is 20.5. The zero-order valence-electron chi connectivity index (χ0n) is 17.6. The van der Waals surface area contributed by atoms with Gasteiger partial charge in [-0.3, -0.25) is 14.4 Å². The number of rotatable bonds is 11. The molecule has 0 spiro atoms. The van der Waals surface area contributed by atoms with Crippen LogP contribution in [0, 0.1) is 11.8 Å². The first kappa shape index (κ1) is 26.6. The Morgan fingerprint density at radius 1 is 0.731 bits per heavy atom. The molecule has 0 aliphatic carbocycles. The van der Waals surface area contributed by atoms with E-state index in [1.165, 1.54) is 0 Å². The van der Waals surface area contributed by atoms with Crippen LogP contribution in [0.3, 0.4) is 0 Å². The summed E-state index contributed by atoms with van der Waals surface area (Å²) < 4.78 is 15.0. The van der Waals surface area contributed by atoms with E-state index in [1.54, 1.807) is 20.8 Å². The van der Waals surface area contributed by atoms with Crippen LogP contribution < -0.4 is 0 Å². The van der Waals surface area contributed by atoms with Gasteiger partial charge in [0.2, 0.25) is 0 Å². The Hall–Kier alpha value is -1.59. The molecule has 0 aromatic heterocycles. The molecule has 0 bridgehead atoms. The van der Waals surface area contributed by atoms with Crippen molar-refractivity contribution in [1.82, 2.24) is 0 Å². The molecule has 0 rings (SSSR count). The number of esters is 3. The van der Waals surface area contributed by atoms with E-state index in [0.29, 0.717) is 44.1 Å². The molecule has 6 heteroatoms. The topological polar surface area (TPSA) is 78.9 Å². The molecule has 1 atom stereocenters. The highest BCUT2D eigenvalue weighted by atomic mass is 16.6. The van der Waals surface area contributed by atoms with Crippen molar-refractivity contribution in [1.29, 1.82) is 0 Å². The van der Waals surface area contributed by atoms with Gasteiger partial charge < -0.3 is 14.2 Å². The van der Waals surface area contributed by atoms with Crippen LogP contribution in [0.4, 0.5) is 0 Å². The Balaban J connectivity index is 0. The maximum absolute atomic E-state index is 11.2. The smallest absolute Gasteiger partial charge is 0.305 e. The molecule has 26 heavy (non-hydrogen) atoms. The maximum Gasteiger partial charge on any atom is 0.305 e. The van der Waals surface area contributed by atoms with Crippen molar-refractivity contribution in [2.24, 2.45) is 11.8 Å². The highest BCUT2D eigenvalue weighted by Gasteiger charge is 2.17. The summed E-state index contributed by atoms with van der Waals surface area (Å²) in [6.45, 7) is 14.3. The van der Waals surface area contributed by atoms with E-state index in [1.807, 2.05) is 13.8 Å². The highest BCUT2D eigenvalue weighted by molar-refractivity contribution is 5.70. The molecule has 0 amide bonds. The lowest BCUT2D eigenvalue weighted by atomic mass is 10.1. The Labute approximate surface area is 159 Å². The van der Waals surface area contributed by atoms with Gasteiger partial charge in [-0.25, -0.2) is 0 Å². The lowest BCUT2D eigenvalue weighted by Crippen LogP contribution is -2.26. The van der Waals surface area contributed by atoms with E-state index in [-0.39, 0.29) is 30.6 Å². The molecule has 0 saturated carbocycles. The molecule has 0 fully saturated rings. The fourth-order valence-electron chi connectivity index (χ4n) is 1.74. The number of hydrogen-bond acceptors (Lipinski definition) is 6. The summed E-state index contributed by atoms with van der Waals surface area (Å²) in [5, 5.41) is 0. The van der Waals surface area contributed by atoms with Gasteiger partial charge >= 0.3 is 17.9 Å². The van der Waals surface area contributed by atoms with Gasteiger partial charge in [0.25, 0.3) is 0 Å². The van der Waals surface area contributed by atoms with Crippen LogP contribution in [0.2, 0.25) is 0 Å². The van der Waals surface area contributed by atoms with Crippen LogP contribution in [-0.2, 0) is 28.6 Å². The molecule has 0 heterocycles. The second-order valence-electron chi connectivity index (χ2n) is 6.89. The van der Waals surface area contributed by atoms with Gasteiger partial charge in [-0.15, -0.1) is 0 Å². The van der Waals surface area contributed by atoms with E-state index in [4.69, 9.17) is 14.2 Å². The lowest BCUT2D eigenvalue weighted by molar-refractivity contribution is -0.159. The fraction of sp³-hybridized carbons (Fsp3) is 0.850. The highest BCUT2D eigenvalue weighted by Crippen LogP contribution is 2.10. The maximum atomic E-state index is 11.2. The van der Waals surface area contributed by atoms with Crippen LogP contribution >= 0.6 is 0 Å². The van der Waals surface area contributed by atoms with Gasteiger partial charge in [0, 0.05) is 19.3 Å². The summed E-state index contributed by atoms with van der Waals surface area (Å²) >= 11 is 0. The SMILES string of the molecule is CCC(=O)OCC(CC(C)C)OC(=O)CC.CCC(=O)OCCC(C)C. The van der Waals surface area contributed by atoms with Crippen molar-refractivity contribution < 1.29 is 28.6 Å². The summed E-state index contributed by atoms with van der Waals surface area (Å²) in [6, 6.07) is 0. The van der Waals surface area contributed by atoms with Crippen molar-refractivity contribution in [3.63, 3.8) is 0 Å². The quantitative estimate of drug-likeness (QED) is 0.396. The van der Waals surface area contributed by atoms with Gasteiger partial charge in [0.15, 0.2) is 0 Å². The standard InChI is InChI=1S/C12H22O4.C8H16O2/c1-5-11(13)15-8-10(7-9(3)4)16-12(14)6-2;1-4-8(9)10-6-5-7(2)3/h9-10H,5-8H2,1-4H3;7H,4-6H2,1-3H3. The summed E-state index contributed by atoms with van der Waals surface area (Å²) in [7, 11) is 0. The van der Waals surface area contributed by atoms with E-state index in [2.05, 4.69) is 13.8 Å². The summed E-state index contributed by atoms with van der Waals surface area (Å²) in [6.07, 6.45) is 2.53. The third kappa shape index (κ3) is 18.7. The molecule has 0 aliphatic rings. The predicted molar refractivity (Wildman–Crippen MR) is 102 cm³/mol. The minimum Gasteiger partial charge on any atom is -0.466 e. The van der Waals surface area contributed by atoms with Gasteiger partial charge in [0.05, 0.1) is 6.61 Å². The first-order valence-corrected chi connectivity index (χ1v) is 9.66. The molecule has 0 aromatic rings.